The van der Waals surface area contributed by atoms with Gasteiger partial charge in [0.1, 0.15) is 5.69 Å². The predicted octanol–water partition coefficient (Wildman–Crippen LogP) is 1.08. The Balaban J connectivity index is 1.49. The van der Waals surface area contributed by atoms with E-state index < -0.39 is 9.84 Å². The van der Waals surface area contributed by atoms with Crippen LogP contribution in [0.25, 0.3) is 11.3 Å². The average molecular weight is 363 g/mol. The van der Waals surface area contributed by atoms with Crippen LogP contribution in [0.1, 0.15) is 12.2 Å². The molecule has 0 bridgehead atoms. The van der Waals surface area contributed by atoms with Crippen molar-refractivity contribution >= 4 is 15.7 Å². The maximum Gasteiger partial charge on any atom is 0.234 e. The molecule has 2 heterocycles. The summed E-state index contributed by atoms with van der Waals surface area (Å²) < 4.78 is 28.3. The van der Waals surface area contributed by atoms with Gasteiger partial charge in [0, 0.05) is 17.7 Å². The summed E-state index contributed by atoms with van der Waals surface area (Å²) in [5.74, 6) is 0.714. The second-order valence-corrected chi connectivity index (χ2v) is 8.52. The van der Waals surface area contributed by atoms with Crippen molar-refractivity contribution in [1.29, 1.82) is 0 Å². The third-order valence-corrected chi connectivity index (χ3v) is 6.06. The molecule has 1 saturated heterocycles. The van der Waals surface area contributed by atoms with E-state index in [1.807, 2.05) is 30.3 Å². The second kappa shape index (κ2) is 7.37. The van der Waals surface area contributed by atoms with Crippen LogP contribution in [0.4, 0.5) is 0 Å². The fourth-order valence-corrected chi connectivity index (χ4v) is 4.67. The van der Waals surface area contributed by atoms with E-state index in [0.29, 0.717) is 12.2 Å². The van der Waals surface area contributed by atoms with Crippen molar-refractivity contribution in [2.75, 3.05) is 25.1 Å². The molecular weight excluding hydrogens is 342 g/mol. The number of sulfone groups is 1. The Morgan fingerprint density at radius 3 is 2.80 bits per heavy atom. The minimum atomic E-state index is -2.95. The van der Waals surface area contributed by atoms with Gasteiger partial charge in [0.2, 0.25) is 5.91 Å². The van der Waals surface area contributed by atoms with Crippen molar-refractivity contribution in [3.05, 3.63) is 42.2 Å². The van der Waals surface area contributed by atoms with Crippen LogP contribution in [0.3, 0.4) is 0 Å². The highest BCUT2D eigenvalue weighted by Gasteiger charge is 2.31. The molecule has 1 aromatic carbocycles. The number of carbonyl (C=O) groups is 1. The summed E-state index contributed by atoms with van der Waals surface area (Å²) in [6.45, 7) is 0.398. The maximum atomic E-state index is 12.1. The van der Waals surface area contributed by atoms with Crippen LogP contribution in [0, 0.1) is 0 Å². The topological polar surface area (TPSA) is 92.5 Å². The number of amides is 1. The average Bonchev–Trinajstić information content (AvgIpc) is 3.20. The zero-order valence-electron chi connectivity index (χ0n) is 14.0. The van der Waals surface area contributed by atoms with E-state index in [0.717, 1.165) is 11.3 Å². The molecule has 0 aliphatic carbocycles. The van der Waals surface area contributed by atoms with Crippen molar-refractivity contribution in [2.24, 2.45) is 0 Å². The van der Waals surface area contributed by atoms with Gasteiger partial charge in [-0.05, 0) is 13.5 Å². The van der Waals surface area contributed by atoms with Gasteiger partial charge in [-0.1, -0.05) is 35.5 Å². The van der Waals surface area contributed by atoms with Gasteiger partial charge >= 0.3 is 0 Å². The molecule has 2 aromatic rings. The number of likely N-dealkylation sites (N-methyl/N-ethyl adjacent to an activating group) is 1. The van der Waals surface area contributed by atoms with Crippen LogP contribution in [0.15, 0.2) is 40.9 Å². The summed E-state index contributed by atoms with van der Waals surface area (Å²) >= 11 is 0. The van der Waals surface area contributed by atoms with Crippen LogP contribution in [-0.4, -0.2) is 55.5 Å². The first-order chi connectivity index (χ1) is 11.9. The van der Waals surface area contributed by atoms with Crippen LogP contribution in [0.5, 0.6) is 0 Å². The molecule has 25 heavy (non-hydrogen) atoms. The van der Waals surface area contributed by atoms with E-state index in [9.17, 15) is 13.2 Å². The molecule has 1 aliphatic heterocycles. The number of nitrogens with zero attached hydrogens (tertiary/aromatic N) is 2. The predicted molar refractivity (Wildman–Crippen MR) is 93.5 cm³/mol. The highest BCUT2D eigenvalue weighted by Crippen LogP contribution is 2.18. The van der Waals surface area contributed by atoms with Gasteiger partial charge in [-0.3, -0.25) is 9.69 Å². The van der Waals surface area contributed by atoms with E-state index in [4.69, 9.17) is 4.52 Å². The molecule has 1 aromatic heterocycles. The Morgan fingerprint density at radius 2 is 2.12 bits per heavy atom. The summed E-state index contributed by atoms with van der Waals surface area (Å²) in [5, 5.41) is 6.78. The van der Waals surface area contributed by atoms with Gasteiger partial charge in [-0.15, -0.1) is 0 Å². The zero-order chi connectivity index (χ0) is 17.9. The highest BCUT2D eigenvalue weighted by molar-refractivity contribution is 7.91. The lowest BCUT2D eigenvalue weighted by atomic mass is 10.1. The van der Waals surface area contributed by atoms with Crippen molar-refractivity contribution in [2.45, 2.75) is 19.0 Å². The number of benzene rings is 1. The standard InChI is InChI=1S/C17H21N3O4S/c1-20(14-7-8-25(22,23)12-14)11-17(21)18-10-15-9-16(19-24-15)13-5-3-2-4-6-13/h2-6,9,14H,7-8,10-12H2,1H3,(H,18,21). The molecule has 1 N–H and O–H groups in total. The third kappa shape index (κ3) is 4.67. The monoisotopic (exact) mass is 363 g/mol. The minimum absolute atomic E-state index is 0.0919. The lowest BCUT2D eigenvalue weighted by Crippen LogP contribution is -2.40. The lowest BCUT2D eigenvalue weighted by Gasteiger charge is -2.22. The number of carbonyl (C=O) groups excluding carboxylic acids is 1. The fourth-order valence-electron chi connectivity index (χ4n) is 2.86. The Morgan fingerprint density at radius 1 is 1.36 bits per heavy atom. The Labute approximate surface area is 146 Å². The number of rotatable bonds is 6. The Hall–Kier alpha value is -2.19. The Kier molecular flexibility index (Phi) is 5.19. The molecule has 1 fully saturated rings. The van der Waals surface area contributed by atoms with E-state index in [-0.39, 0.29) is 36.5 Å². The normalized spacial score (nSPS) is 19.2. The van der Waals surface area contributed by atoms with Crippen LogP contribution >= 0.6 is 0 Å². The summed E-state index contributed by atoms with van der Waals surface area (Å²) in [6.07, 6.45) is 0.578. The molecule has 134 valence electrons. The molecule has 1 amide bonds. The highest BCUT2D eigenvalue weighted by atomic mass is 32.2. The van der Waals surface area contributed by atoms with Crippen molar-refractivity contribution in [3.8, 4) is 11.3 Å². The van der Waals surface area contributed by atoms with Crippen molar-refractivity contribution < 1.29 is 17.7 Å². The molecule has 0 saturated carbocycles. The quantitative estimate of drug-likeness (QED) is 0.825. The number of hydrogen-bond acceptors (Lipinski definition) is 6. The van der Waals surface area contributed by atoms with Gasteiger partial charge in [0.15, 0.2) is 15.6 Å². The van der Waals surface area contributed by atoms with Crippen molar-refractivity contribution in [3.63, 3.8) is 0 Å². The van der Waals surface area contributed by atoms with Gasteiger partial charge in [-0.2, -0.15) is 0 Å². The van der Waals surface area contributed by atoms with Gasteiger partial charge in [0.05, 0.1) is 24.6 Å². The summed E-state index contributed by atoms with van der Waals surface area (Å²) in [4.78, 5) is 13.8. The number of aromatic nitrogens is 1. The fraction of sp³-hybridized carbons (Fsp3) is 0.412. The number of nitrogens with one attached hydrogen (secondary N) is 1. The Bertz CT molecular complexity index is 833. The first-order valence-electron chi connectivity index (χ1n) is 8.11. The lowest BCUT2D eigenvalue weighted by molar-refractivity contribution is -0.122. The van der Waals surface area contributed by atoms with E-state index in [1.54, 1.807) is 18.0 Å². The number of hydrogen-bond donors (Lipinski definition) is 1. The molecule has 1 aliphatic rings. The molecule has 1 atom stereocenters. The summed E-state index contributed by atoms with van der Waals surface area (Å²) in [7, 11) is -1.18. The van der Waals surface area contributed by atoms with Crippen LogP contribution in [-0.2, 0) is 21.2 Å². The largest absolute Gasteiger partial charge is 0.359 e. The van der Waals surface area contributed by atoms with E-state index >= 15 is 0 Å². The SMILES string of the molecule is CN(CC(=O)NCc1cc(-c2ccccc2)no1)C1CCS(=O)(=O)C1. The van der Waals surface area contributed by atoms with Crippen molar-refractivity contribution in [1.82, 2.24) is 15.4 Å². The first kappa shape index (κ1) is 17.6. The molecule has 0 radical (unpaired) electrons. The first-order valence-corrected chi connectivity index (χ1v) is 9.93. The van der Waals surface area contributed by atoms with Crippen LogP contribution in [0.2, 0.25) is 0 Å². The third-order valence-electron chi connectivity index (χ3n) is 4.31. The second-order valence-electron chi connectivity index (χ2n) is 6.29. The molecule has 3 rings (SSSR count). The summed E-state index contributed by atoms with van der Waals surface area (Å²) in [5.41, 5.74) is 1.67. The maximum absolute atomic E-state index is 12.1. The molecule has 7 nitrogen and oxygen atoms in total. The smallest absolute Gasteiger partial charge is 0.234 e. The van der Waals surface area contributed by atoms with Gasteiger partial charge in [-0.25, -0.2) is 8.42 Å². The molecule has 8 heteroatoms. The molecule has 1 unspecified atom stereocenters. The minimum Gasteiger partial charge on any atom is -0.359 e. The molecular formula is C17H21N3O4S. The van der Waals surface area contributed by atoms with Crippen LogP contribution < -0.4 is 5.32 Å². The van der Waals surface area contributed by atoms with E-state index in [1.165, 1.54) is 0 Å². The van der Waals surface area contributed by atoms with Gasteiger partial charge < -0.3 is 9.84 Å². The molecule has 0 spiro atoms. The summed E-state index contributed by atoms with van der Waals surface area (Å²) in [6, 6.07) is 11.3. The zero-order valence-corrected chi connectivity index (χ0v) is 14.8. The van der Waals surface area contributed by atoms with Gasteiger partial charge in [0.25, 0.3) is 0 Å². The van der Waals surface area contributed by atoms with E-state index in [2.05, 4.69) is 10.5 Å².